The molecule has 1 aromatic carbocycles. The lowest BCUT2D eigenvalue weighted by Gasteiger charge is -2.23. The fourth-order valence-corrected chi connectivity index (χ4v) is 2.43. The number of benzene rings is 1. The highest BCUT2D eigenvalue weighted by molar-refractivity contribution is 5.84. The van der Waals surface area contributed by atoms with Gasteiger partial charge in [-0.1, -0.05) is 0 Å². The van der Waals surface area contributed by atoms with Crippen molar-refractivity contribution >= 4 is 11.9 Å². The third kappa shape index (κ3) is 7.77. The summed E-state index contributed by atoms with van der Waals surface area (Å²) in [6, 6.07) is 11.2. The molecular formula is C21H30N4O4. The third-order valence-corrected chi connectivity index (χ3v) is 4.21. The lowest BCUT2D eigenvalue weighted by molar-refractivity contribution is -0.127. The molecule has 8 nitrogen and oxygen atoms in total. The van der Waals surface area contributed by atoms with E-state index in [4.69, 9.17) is 13.9 Å². The van der Waals surface area contributed by atoms with E-state index in [-0.39, 0.29) is 12.5 Å². The highest BCUT2D eigenvalue weighted by Crippen LogP contribution is 2.16. The second kappa shape index (κ2) is 11.6. The number of hydrogen-bond acceptors (Lipinski definition) is 5. The number of furan rings is 1. The number of amides is 1. The van der Waals surface area contributed by atoms with E-state index in [2.05, 4.69) is 10.3 Å². The van der Waals surface area contributed by atoms with Gasteiger partial charge in [0.1, 0.15) is 30.4 Å². The van der Waals surface area contributed by atoms with Gasteiger partial charge in [-0.2, -0.15) is 0 Å². The Morgan fingerprint density at radius 3 is 2.48 bits per heavy atom. The molecule has 1 amide bonds. The van der Waals surface area contributed by atoms with Gasteiger partial charge in [0.05, 0.1) is 19.9 Å². The van der Waals surface area contributed by atoms with E-state index in [1.807, 2.05) is 48.3 Å². The number of hydrogen-bond donors (Lipinski definition) is 1. The van der Waals surface area contributed by atoms with Gasteiger partial charge in [0.2, 0.25) is 5.91 Å². The summed E-state index contributed by atoms with van der Waals surface area (Å²) >= 11 is 0. The molecule has 2 rings (SSSR count). The topological polar surface area (TPSA) is 79.5 Å². The first-order chi connectivity index (χ1) is 14.0. The maximum Gasteiger partial charge on any atom is 0.243 e. The van der Waals surface area contributed by atoms with E-state index in [1.165, 1.54) is 4.90 Å². The average Bonchev–Trinajstić information content (AvgIpc) is 3.24. The van der Waals surface area contributed by atoms with E-state index in [9.17, 15) is 4.79 Å². The first kappa shape index (κ1) is 22.1. The largest absolute Gasteiger partial charge is 0.497 e. The van der Waals surface area contributed by atoms with E-state index in [1.54, 1.807) is 27.5 Å². The number of guanidine groups is 1. The number of carbonyl (C=O) groups excluding carboxylic acids is 1. The summed E-state index contributed by atoms with van der Waals surface area (Å²) in [6.07, 6.45) is 2.38. The van der Waals surface area contributed by atoms with Gasteiger partial charge in [-0.25, -0.2) is 4.99 Å². The van der Waals surface area contributed by atoms with Crippen molar-refractivity contribution in [2.45, 2.75) is 6.42 Å². The van der Waals surface area contributed by atoms with Gasteiger partial charge in [0.15, 0.2) is 5.96 Å². The number of carbonyl (C=O) groups is 1. The van der Waals surface area contributed by atoms with Crippen molar-refractivity contribution < 1.29 is 18.7 Å². The van der Waals surface area contributed by atoms with Gasteiger partial charge in [-0.05, 0) is 36.4 Å². The van der Waals surface area contributed by atoms with Crippen LogP contribution in [-0.4, -0.2) is 76.2 Å². The van der Waals surface area contributed by atoms with Crippen molar-refractivity contribution in [1.29, 1.82) is 0 Å². The molecule has 0 spiro atoms. The SMILES string of the molecule is COc1ccc(OCCN(C)C(=NCC(=O)N(C)C)NCCc2ccco2)cc1. The molecule has 0 radical (unpaired) electrons. The monoisotopic (exact) mass is 402 g/mol. The maximum absolute atomic E-state index is 11.9. The minimum atomic E-state index is -0.0572. The Balaban J connectivity index is 1.88. The van der Waals surface area contributed by atoms with Crippen molar-refractivity contribution in [3.63, 3.8) is 0 Å². The molecule has 0 saturated heterocycles. The molecule has 0 aliphatic carbocycles. The van der Waals surface area contributed by atoms with Crippen LogP contribution in [0.25, 0.3) is 0 Å². The molecule has 1 heterocycles. The summed E-state index contributed by atoms with van der Waals surface area (Å²) < 4.78 is 16.3. The molecule has 29 heavy (non-hydrogen) atoms. The number of methoxy groups -OCH3 is 1. The van der Waals surface area contributed by atoms with Crippen LogP contribution in [0.5, 0.6) is 11.5 Å². The van der Waals surface area contributed by atoms with Gasteiger partial charge >= 0.3 is 0 Å². The van der Waals surface area contributed by atoms with E-state index < -0.39 is 0 Å². The lowest BCUT2D eigenvalue weighted by atomic mass is 10.3. The van der Waals surface area contributed by atoms with Crippen LogP contribution in [0.2, 0.25) is 0 Å². The maximum atomic E-state index is 11.9. The predicted molar refractivity (Wildman–Crippen MR) is 113 cm³/mol. The molecule has 0 unspecified atom stereocenters. The number of nitrogens with zero attached hydrogens (tertiary/aromatic N) is 3. The van der Waals surface area contributed by atoms with Crippen LogP contribution in [0.3, 0.4) is 0 Å². The van der Waals surface area contributed by atoms with Crippen molar-refractivity contribution in [1.82, 2.24) is 15.1 Å². The van der Waals surface area contributed by atoms with Crippen LogP contribution in [0.15, 0.2) is 52.1 Å². The van der Waals surface area contributed by atoms with E-state index >= 15 is 0 Å². The normalized spacial score (nSPS) is 11.1. The molecule has 0 atom stereocenters. The van der Waals surface area contributed by atoms with E-state index in [0.717, 1.165) is 23.7 Å². The first-order valence-electron chi connectivity index (χ1n) is 9.48. The van der Waals surface area contributed by atoms with Gasteiger partial charge < -0.3 is 29.0 Å². The molecule has 0 saturated carbocycles. The highest BCUT2D eigenvalue weighted by Gasteiger charge is 2.10. The number of aliphatic imine (C=N–C) groups is 1. The van der Waals surface area contributed by atoms with Crippen LogP contribution < -0.4 is 14.8 Å². The van der Waals surface area contributed by atoms with Gasteiger partial charge in [0, 0.05) is 34.1 Å². The summed E-state index contributed by atoms with van der Waals surface area (Å²) in [5.74, 6) is 3.04. The minimum Gasteiger partial charge on any atom is -0.497 e. The Morgan fingerprint density at radius 1 is 1.14 bits per heavy atom. The standard InChI is InChI=1S/C21H30N4O4/c1-24(2)20(26)16-23-21(22-12-11-18-6-5-14-28-18)25(3)13-15-29-19-9-7-17(27-4)8-10-19/h5-10,14H,11-13,15-16H2,1-4H3,(H,22,23). The fourth-order valence-electron chi connectivity index (χ4n) is 2.43. The summed E-state index contributed by atoms with van der Waals surface area (Å²) in [5, 5.41) is 3.29. The van der Waals surface area contributed by atoms with Crippen LogP contribution >= 0.6 is 0 Å². The molecular weight excluding hydrogens is 372 g/mol. The van der Waals surface area contributed by atoms with Crippen LogP contribution in [0, 0.1) is 0 Å². The van der Waals surface area contributed by atoms with Crippen LogP contribution in [-0.2, 0) is 11.2 Å². The number of ether oxygens (including phenoxy) is 2. The Hall–Kier alpha value is -3.16. The average molecular weight is 402 g/mol. The summed E-state index contributed by atoms with van der Waals surface area (Å²) in [5.41, 5.74) is 0. The Bertz CT molecular complexity index is 757. The summed E-state index contributed by atoms with van der Waals surface area (Å²) in [7, 11) is 6.98. The van der Waals surface area contributed by atoms with Crippen LogP contribution in [0.4, 0.5) is 0 Å². The Kier molecular flexibility index (Phi) is 8.88. The number of nitrogens with one attached hydrogen (secondary N) is 1. The second-order valence-corrected chi connectivity index (χ2v) is 6.63. The zero-order valence-electron chi connectivity index (χ0n) is 17.6. The zero-order valence-corrected chi connectivity index (χ0v) is 17.6. The molecule has 0 aliphatic heterocycles. The molecule has 0 fully saturated rings. The molecule has 0 aliphatic rings. The minimum absolute atomic E-state index is 0.0572. The summed E-state index contributed by atoms with van der Waals surface area (Å²) in [4.78, 5) is 19.8. The zero-order chi connectivity index (χ0) is 21.1. The number of rotatable bonds is 10. The van der Waals surface area contributed by atoms with Crippen molar-refractivity contribution in [3.8, 4) is 11.5 Å². The second-order valence-electron chi connectivity index (χ2n) is 6.63. The quantitative estimate of drug-likeness (QED) is 0.483. The third-order valence-electron chi connectivity index (χ3n) is 4.21. The predicted octanol–water partition coefficient (Wildman–Crippen LogP) is 1.88. The molecule has 1 N–H and O–H groups in total. The van der Waals surface area contributed by atoms with Gasteiger partial charge in [0.25, 0.3) is 0 Å². The van der Waals surface area contributed by atoms with E-state index in [0.29, 0.717) is 25.7 Å². The molecule has 8 heteroatoms. The Morgan fingerprint density at radius 2 is 1.86 bits per heavy atom. The number of likely N-dealkylation sites (N-methyl/N-ethyl adjacent to an activating group) is 2. The van der Waals surface area contributed by atoms with Crippen molar-refractivity contribution in [3.05, 3.63) is 48.4 Å². The molecule has 2 aromatic rings. The molecule has 158 valence electrons. The Labute approximate surface area is 172 Å². The molecule has 1 aromatic heterocycles. The smallest absolute Gasteiger partial charge is 0.243 e. The highest BCUT2D eigenvalue weighted by atomic mass is 16.5. The fraction of sp³-hybridized carbons (Fsp3) is 0.429. The van der Waals surface area contributed by atoms with Crippen molar-refractivity contribution in [2.75, 3.05) is 54.5 Å². The lowest BCUT2D eigenvalue weighted by Crippen LogP contribution is -2.42. The van der Waals surface area contributed by atoms with Crippen LogP contribution in [0.1, 0.15) is 5.76 Å². The first-order valence-corrected chi connectivity index (χ1v) is 9.48. The van der Waals surface area contributed by atoms with Gasteiger partial charge in [-0.3, -0.25) is 4.79 Å². The molecule has 0 bridgehead atoms. The van der Waals surface area contributed by atoms with Gasteiger partial charge in [-0.15, -0.1) is 0 Å². The summed E-state index contributed by atoms with van der Waals surface area (Å²) in [6.45, 7) is 1.81. The van der Waals surface area contributed by atoms with Crippen molar-refractivity contribution in [2.24, 2.45) is 4.99 Å².